The molecular weight excluding hydrogens is 310 g/mol. The van der Waals surface area contributed by atoms with Crippen molar-refractivity contribution in [2.24, 2.45) is 0 Å². The Balaban J connectivity index is 3.16. The van der Waals surface area contributed by atoms with Crippen LogP contribution in [0.4, 0.5) is 0 Å². The molecule has 1 fully saturated rings. The first-order valence-electron chi connectivity index (χ1n) is 7.08. The maximum atomic E-state index is 11.4. The molecule has 1 aliphatic rings. The summed E-state index contributed by atoms with van der Waals surface area (Å²) in [6, 6.07) is -0.834. The SMILES string of the molecule is COCC1OC(OC)C(NC(C)=O)C(OC(C)=O)C1OC(C)=O. The molecule has 1 saturated heterocycles. The average molecular weight is 333 g/mol. The number of carbonyl (C=O) groups is 3. The minimum Gasteiger partial charge on any atom is -0.456 e. The van der Waals surface area contributed by atoms with E-state index in [9.17, 15) is 14.4 Å². The Morgan fingerprint density at radius 1 is 1.00 bits per heavy atom. The molecule has 0 aromatic heterocycles. The lowest BCUT2D eigenvalue weighted by atomic mass is 9.96. The zero-order chi connectivity index (χ0) is 17.6. The van der Waals surface area contributed by atoms with Crippen LogP contribution in [0, 0.1) is 0 Å². The minimum atomic E-state index is -0.973. The highest BCUT2D eigenvalue weighted by molar-refractivity contribution is 5.73. The number of hydrogen-bond donors (Lipinski definition) is 1. The molecule has 0 radical (unpaired) electrons. The number of carbonyl (C=O) groups excluding carboxylic acids is 3. The number of ether oxygens (including phenoxy) is 5. The lowest BCUT2D eigenvalue weighted by Gasteiger charge is -2.44. The summed E-state index contributed by atoms with van der Waals surface area (Å²) in [5.74, 6) is -1.53. The number of hydrogen-bond acceptors (Lipinski definition) is 8. The van der Waals surface area contributed by atoms with Crippen molar-refractivity contribution in [3.05, 3.63) is 0 Å². The molecule has 0 spiro atoms. The molecule has 0 saturated carbocycles. The van der Waals surface area contributed by atoms with E-state index in [-0.39, 0.29) is 12.5 Å². The maximum absolute atomic E-state index is 11.4. The fourth-order valence-corrected chi connectivity index (χ4v) is 2.46. The molecule has 1 N–H and O–H groups in total. The van der Waals surface area contributed by atoms with Crippen LogP contribution in [0.25, 0.3) is 0 Å². The van der Waals surface area contributed by atoms with Gasteiger partial charge in [0.1, 0.15) is 12.1 Å². The Morgan fingerprint density at radius 3 is 2.00 bits per heavy atom. The van der Waals surface area contributed by atoms with Gasteiger partial charge in [-0.1, -0.05) is 0 Å². The number of nitrogens with one attached hydrogen (secondary N) is 1. The van der Waals surface area contributed by atoms with E-state index in [2.05, 4.69) is 5.32 Å². The molecule has 0 aliphatic carbocycles. The number of esters is 2. The molecule has 132 valence electrons. The van der Waals surface area contributed by atoms with Crippen LogP contribution >= 0.6 is 0 Å². The van der Waals surface area contributed by atoms with E-state index in [0.29, 0.717) is 0 Å². The van der Waals surface area contributed by atoms with Crippen LogP contribution in [-0.4, -0.2) is 69.3 Å². The average Bonchev–Trinajstić information content (AvgIpc) is 2.43. The molecule has 0 aromatic carbocycles. The van der Waals surface area contributed by atoms with E-state index in [1.165, 1.54) is 35.0 Å². The summed E-state index contributed by atoms with van der Waals surface area (Å²) in [5.41, 5.74) is 0. The first kappa shape index (κ1) is 19.3. The standard InChI is InChI=1S/C14H23NO8/c1-7(16)15-11-13(22-9(3)18)12(21-8(2)17)10(6-19-4)23-14(11)20-5/h10-14H,6H2,1-5H3,(H,15,16). The van der Waals surface area contributed by atoms with Crippen molar-refractivity contribution in [1.29, 1.82) is 0 Å². The highest BCUT2D eigenvalue weighted by atomic mass is 16.7. The van der Waals surface area contributed by atoms with Crippen molar-refractivity contribution in [2.45, 2.75) is 51.4 Å². The second-order valence-electron chi connectivity index (χ2n) is 5.11. The lowest BCUT2D eigenvalue weighted by molar-refractivity contribution is -0.271. The van der Waals surface area contributed by atoms with Gasteiger partial charge in [0.25, 0.3) is 0 Å². The van der Waals surface area contributed by atoms with Gasteiger partial charge < -0.3 is 29.0 Å². The topological polar surface area (TPSA) is 109 Å². The molecule has 1 heterocycles. The van der Waals surface area contributed by atoms with E-state index in [4.69, 9.17) is 23.7 Å². The predicted molar refractivity (Wildman–Crippen MR) is 76.3 cm³/mol. The number of rotatable bonds is 6. The molecule has 5 atom stereocenters. The van der Waals surface area contributed by atoms with Gasteiger partial charge in [-0.15, -0.1) is 0 Å². The quantitative estimate of drug-likeness (QED) is 0.640. The molecule has 0 bridgehead atoms. The highest BCUT2D eigenvalue weighted by Crippen LogP contribution is 2.27. The van der Waals surface area contributed by atoms with Gasteiger partial charge in [-0.3, -0.25) is 14.4 Å². The summed E-state index contributed by atoms with van der Waals surface area (Å²) in [5, 5.41) is 2.61. The van der Waals surface area contributed by atoms with Gasteiger partial charge in [0, 0.05) is 35.0 Å². The molecule has 5 unspecified atom stereocenters. The van der Waals surface area contributed by atoms with Crippen molar-refractivity contribution in [3.8, 4) is 0 Å². The Morgan fingerprint density at radius 2 is 1.57 bits per heavy atom. The van der Waals surface area contributed by atoms with Gasteiger partial charge >= 0.3 is 11.9 Å². The molecule has 1 rings (SSSR count). The largest absolute Gasteiger partial charge is 0.456 e. The van der Waals surface area contributed by atoms with E-state index >= 15 is 0 Å². The van der Waals surface area contributed by atoms with Crippen molar-refractivity contribution in [1.82, 2.24) is 5.32 Å². The molecule has 9 nitrogen and oxygen atoms in total. The second-order valence-corrected chi connectivity index (χ2v) is 5.11. The highest BCUT2D eigenvalue weighted by Gasteiger charge is 2.50. The summed E-state index contributed by atoms with van der Waals surface area (Å²) < 4.78 is 26.5. The summed E-state index contributed by atoms with van der Waals surface area (Å²) in [4.78, 5) is 34.3. The maximum Gasteiger partial charge on any atom is 0.303 e. The Hall–Kier alpha value is -1.71. The Labute approximate surface area is 134 Å². The number of methoxy groups -OCH3 is 2. The van der Waals surface area contributed by atoms with Crippen molar-refractivity contribution < 1.29 is 38.1 Å². The van der Waals surface area contributed by atoms with Crippen molar-refractivity contribution in [2.75, 3.05) is 20.8 Å². The zero-order valence-electron chi connectivity index (χ0n) is 13.9. The first-order chi connectivity index (χ1) is 10.8. The van der Waals surface area contributed by atoms with Gasteiger partial charge in [0.15, 0.2) is 18.5 Å². The van der Waals surface area contributed by atoms with Gasteiger partial charge in [-0.25, -0.2) is 0 Å². The van der Waals surface area contributed by atoms with Crippen LogP contribution in [-0.2, 0) is 38.1 Å². The number of amides is 1. The third-order valence-electron chi connectivity index (χ3n) is 3.18. The van der Waals surface area contributed by atoms with Crippen molar-refractivity contribution in [3.63, 3.8) is 0 Å². The lowest BCUT2D eigenvalue weighted by Crippen LogP contribution is -2.66. The molecular formula is C14H23NO8. The molecule has 1 aliphatic heterocycles. The third kappa shape index (κ3) is 5.45. The van der Waals surface area contributed by atoms with Crippen LogP contribution in [0.3, 0.4) is 0 Å². The molecule has 1 amide bonds. The monoisotopic (exact) mass is 333 g/mol. The van der Waals surface area contributed by atoms with Crippen LogP contribution < -0.4 is 5.32 Å². The molecule has 9 heteroatoms. The molecule has 0 aromatic rings. The summed E-state index contributed by atoms with van der Waals surface area (Å²) in [6.45, 7) is 3.84. The third-order valence-corrected chi connectivity index (χ3v) is 3.18. The van der Waals surface area contributed by atoms with E-state index in [1.807, 2.05) is 0 Å². The zero-order valence-corrected chi connectivity index (χ0v) is 13.9. The first-order valence-corrected chi connectivity index (χ1v) is 7.08. The van der Waals surface area contributed by atoms with E-state index in [1.54, 1.807) is 0 Å². The molecule has 23 heavy (non-hydrogen) atoms. The normalized spacial score (nSPS) is 30.4. The second kappa shape index (κ2) is 8.80. The van der Waals surface area contributed by atoms with Gasteiger partial charge in [0.2, 0.25) is 5.91 Å². The Bertz CT molecular complexity index is 440. The predicted octanol–water partition coefficient (Wildman–Crippen LogP) is -0.628. The fourth-order valence-electron chi connectivity index (χ4n) is 2.46. The van der Waals surface area contributed by atoms with E-state index in [0.717, 1.165) is 0 Å². The summed E-state index contributed by atoms with van der Waals surface area (Å²) in [6.07, 6.45) is -3.53. The minimum absolute atomic E-state index is 0.0857. The Kier molecular flexibility index (Phi) is 7.40. The fraction of sp³-hybridized carbons (Fsp3) is 0.786. The van der Waals surface area contributed by atoms with Crippen molar-refractivity contribution >= 4 is 17.8 Å². The van der Waals surface area contributed by atoms with Crippen LogP contribution in [0.5, 0.6) is 0 Å². The van der Waals surface area contributed by atoms with Crippen LogP contribution in [0.15, 0.2) is 0 Å². The smallest absolute Gasteiger partial charge is 0.303 e. The van der Waals surface area contributed by atoms with Crippen LogP contribution in [0.1, 0.15) is 20.8 Å². The van der Waals surface area contributed by atoms with Gasteiger partial charge in [0.05, 0.1) is 6.61 Å². The van der Waals surface area contributed by atoms with E-state index < -0.39 is 42.6 Å². The summed E-state index contributed by atoms with van der Waals surface area (Å²) >= 11 is 0. The van der Waals surface area contributed by atoms with Crippen LogP contribution in [0.2, 0.25) is 0 Å². The summed E-state index contributed by atoms with van der Waals surface area (Å²) in [7, 11) is 2.84. The van der Waals surface area contributed by atoms with Gasteiger partial charge in [-0.05, 0) is 0 Å². The van der Waals surface area contributed by atoms with Gasteiger partial charge in [-0.2, -0.15) is 0 Å².